The molecule has 0 aliphatic rings. The summed E-state index contributed by atoms with van der Waals surface area (Å²) in [5.74, 6) is 0.610. The maximum absolute atomic E-state index is 12.9. The Labute approximate surface area is 206 Å². The van der Waals surface area contributed by atoms with Gasteiger partial charge in [0, 0.05) is 0 Å². The van der Waals surface area contributed by atoms with Gasteiger partial charge in [-0.05, 0) is 91.9 Å². The number of rotatable bonds is 8. The molecule has 0 amide bonds. The highest BCUT2D eigenvalue weighted by molar-refractivity contribution is 5.93. The van der Waals surface area contributed by atoms with Crippen molar-refractivity contribution in [2.75, 3.05) is 13.2 Å². The van der Waals surface area contributed by atoms with Crippen molar-refractivity contribution in [1.82, 2.24) is 0 Å². The fourth-order valence-corrected chi connectivity index (χ4v) is 3.40. The lowest BCUT2D eigenvalue weighted by molar-refractivity contribution is 0.0681. The number of hydrogen-bond acceptors (Lipinski definition) is 6. The van der Waals surface area contributed by atoms with Crippen molar-refractivity contribution in [3.63, 3.8) is 0 Å². The molecule has 35 heavy (non-hydrogen) atoms. The maximum atomic E-state index is 12.9. The number of aryl methyl sites for hydroxylation is 1. The Morgan fingerprint density at radius 1 is 0.714 bits per heavy atom. The molecule has 0 radical (unpaired) electrons. The average molecular weight is 477 g/mol. The predicted octanol–water partition coefficient (Wildman–Crippen LogP) is 6.53. The smallest absolute Gasteiger partial charge is 0.343 e. The minimum Gasteiger partial charge on any atom is -0.494 e. The van der Waals surface area contributed by atoms with E-state index in [0.717, 1.165) is 5.56 Å². The van der Waals surface area contributed by atoms with E-state index in [0.29, 0.717) is 41.4 Å². The molecule has 0 spiro atoms. The Morgan fingerprint density at radius 2 is 1.17 bits per heavy atom. The fraction of sp³-hybridized carbons (Fsp3) is 0.310. The van der Waals surface area contributed by atoms with Gasteiger partial charge in [0.25, 0.3) is 0 Å². The van der Waals surface area contributed by atoms with Crippen LogP contribution in [0.5, 0.6) is 23.0 Å². The third-order valence-electron chi connectivity index (χ3n) is 5.31. The quantitative estimate of drug-likeness (QED) is 0.272. The van der Waals surface area contributed by atoms with Crippen molar-refractivity contribution < 1.29 is 28.5 Å². The van der Waals surface area contributed by atoms with Crippen molar-refractivity contribution in [2.24, 2.45) is 0 Å². The summed E-state index contributed by atoms with van der Waals surface area (Å²) in [6.07, 6.45) is 0. The first-order chi connectivity index (χ1) is 16.6. The lowest BCUT2D eigenvalue weighted by atomic mass is 9.86. The summed E-state index contributed by atoms with van der Waals surface area (Å²) in [6.45, 7) is 12.9. The van der Waals surface area contributed by atoms with Crippen LogP contribution < -0.4 is 18.9 Å². The zero-order valence-electron chi connectivity index (χ0n) is 21.1. The van der Waals surface area contributed by atoms with E-state index in [-0.39, 0.29) is 16.9 Å². The molecule has 3 aromatic carbocycles. The van der Waals surface area contributed by atoms with Crippen LogP contribution in [0.1, 0.15) is 66.5 Å². The number of hydrogen-bond donors (Lipinski definition) is 0. The second-order valence-electron chi connectivity index (χ2n) is 9.06. The molecule has 0 unspecified atom stereocenters. The van der Waals surface area contributed by atoms with E-state index in [1.54, 1.807) is 54.6 Å². The number of carbonyl (C=O) groups excluding carboxylic acids is 2. The van der Waals surface area contributed by atoms with E-state index in [9.17, 15) is 9.59 Å². The topological polar surface area (TPSA) is 71.1 Å². The van der Waals surface area contributed by atoms with Gasteiger partial charge in [-0.15, -0.1) is 0 Å². The van der Waals surface area contributed by atoms with Gasteiger partial charge in [-0.2, -0.15) is 0 Å². The average Bonchev–Trinajstić information content (AvgIpc) is 2.81. The first-order valence-corrected chi connectivity index (χ1v) is 11.7. The highest BCUT2D eigenvalue weighted by atomic mass is 16.6. The molecule has 6 heteroatoms. The van der Waals surface area contributed by atoms with E-state index in [2.05, 4.69) is 20.8 Å². The number of carbonyl (C=O) groups is 2. The SMILES string of the molecule is CCOc1ccc(C(=O)Oc2cc(C(C)(C)C)cc(C)c2OC(=O)c2ccc(OCC)cc2)cc1. The van der Waals surface area contributed by atoms with E-state index < -0.39 is 11.9 Å². The van der Waals surface area contributed by atoms with E-state index >= 15 is 0 Å². The van der Waals surface area contributed by atoms with Crippen LogP contribution in [-0.2, 0) is 5.41 Å². The molecular weight excluding hydrogens is 444 g/mol. The molecule has 0 aliphatic heterocycles. The molecule has 0 saturated heterocycles. The van der Waals surface area contributed by atoms with Gasteiger partial charge in [0.05, 0.1) is 24.3 Å². The predicted molar refractivity (Wildman–Crippen MR) is 135 cm³/mol. The third kappa shape index (κ3) is 6.63. The summed E-state index contributed by atoms with van der Waals surface area (Å²) >= 11 is 0. The van der Waals surface area contributed by atoms with Crippen molar-refractivity contribution in [2.45, 2.75) is 47.0 Å². The normalized spacial score (nSPS) is 11.0. The van der Waals surface area contributed by atoms with Gasteiger partial charge in [-0.3, -0.25) is 0 Å². The van der Waals surface area contributed by atoms with Crippen molar-refractivity contribution in [3.8, 4) is 23.0 Å². The molecule has 6 nitrogen and oxygen atoms in total. The maximum Gasteiger partial charge on any atom is 0.343 e. The van der Waals surface area contributed by atoms with Gasteiger partial charge in [-0.1, -0.05) is 26.8 Å². The molecule has 3 rings (SSSR count). The van der Waals surface area contributed by atoms with Gasteiger partial charge in [-0.25, -0.2) is 9.59 Å². The molecule has 0 aromatic heterocycles. The summed E-state index contributed by atoms with van der Waals surface area (Å²) in [5.41, 5.74) is 2.15. The van der Waals surface area contributed by atoms with Gasteiger partial charge >= 0.3 is 11.9 Å². The van der Waals surface area contributed by atoms with E-state index in [1.807, 2.05) is 26.8 Å². The lowest BCUT2D eigenvalue weighted by Gasteiger charge is -2.22. The molecule has 0 saturated carbocycles. The van der Waals surface area contributed by atoms with Gasteiger partial charge < -0.3 is 18.9 Å². The largest absolute Gasteiger partial charge is 0.494 e. The molecule has 0 N–H and O–H groups in total. The molecule has 0 bridgehead atoms. The minimum atomic E-state index is -0.558. The highest BCUT2D eigenvalue weighted by Crippen LogP contribution is 2.37. The fourth-order valence-electron chi connectivity index (χ4n) is 3.40. The Balaban J connectivity index is 1.91. The van der Waals surface area contributed by atoms with E-state index in [4.69, 9.17) is 18.9 Å². The first-order valence-electron chi connectivity index (χ1n) is 11.7. The van der Waals surface area contributed by atoms with Gasteiger partial charge in [0.15, 0.2) is 11.5 Å². The van der Waals surface area contributed by atoms with Crippen molar-refractivity contribution in [3.05, 3.63) is 82.9 Å². The van der Waals surface area contributed by atoms with Crippen LogP contribution in [0.3, 0.4) is 0 Å². The van der Waals surface area contributed by atoms with Crippen LogP contribution in [-0.4, -0.2) is 25.2 Å². The monoisotopic (exact) mass is 476 g/mol. The molecule has 0 atom stereocenters. The Kier molecular flexibility index (Phi) is 8.18. The molecule has 0 fully saturated rings. The number of esters is 2. The second kappa shape index (κ2) is 11.1. The van der Waals surface area contributed by atoms with Gasteiger partial charge in [0.1, 0.15) is 11.5 Å². The third-order valence-corrected chi connectivity index (χ3v) is 5.31. The van der Waals surface area contributed by atoms with Crippen LogP contribution in [0, 0.1) is 6.92 Å². The van der Waals surface area contributed by atoms with Crippen molar-refractivity contribution >= 4 is 11.9 Å². The Bertz CT molecular complexity index is 1170. The van der Waals surface area contributed by atoms with E-state index in [1.165, 1.54) is 0 Å². The molecule has 184 valence electrons. The van der Waals surface area contributed by atoms with Crippen LogP contribution in [0.25, 0.3) is 0 Å². The lowest BCUT2D eigenvalue weighted by Crippen LogP contribution is -2.16. The zero-order chi connectivity index (χ0) is 25.6. The van der Waals surface area contributed by atoms with Crippen LogP contribution in [0.4, 0.5) is 0 Å². The Morgan fingerprint density at radius 3 is 1.60 bits per heavy atom. The first kappa shape index (κ1) is 25.8. The molecular formula is C29H32O6. The summed E-state index contributed by atoms with van der Waals surface area (Å²) in [4.78, 5) is 25.9. The number of benzene rings is 3. The van der Waals surface area contributed by atoms with Crippen LogP contribution in [0.2, 0.25) is 0 Å². The standard InChI is InChI=1S/C29H32O6/c1-7-32-23-13-9-20(10-14-23)27(30)34-25-18-22(29(4,5)6)17-19(3)26(25)35-28(31)21-11-15-24(16-12-21)33-8-2/h9-18H,7-8H2,1-6H3. The van der Waals surface area contributed by atoms with Crippen LogP contribution >= 0.6 is 0 Å². The minimum absolute atomic E-state index is 0.188. The molecule has 0 heterocycles. The summed E-state index contributed by atoms with van der Waals surface area (Å²) in [6, 6.07) is 17.1. The van der Waals surface area contributed by atoms with Crippen LogP contribution in [0.15, 0.2) is 60.7 Å². The highest BCUT2D eigenvalue weighted by Gasteiger charge is 2.23. The zero-order valence-corrected chi connectivity index (χ0v) is 21.1. The number of ether oxygens (including phenoxy) is 4. The molecule has 0 aliphatic carbocycles. The van der Waals surface area contributed by atoms with Gasteiger partial charge in [0.2, 0.25) is 0 Å². The summed E-state index contributed by atoms with van der Waals surface area (Å²) < 4.78 is 22.4. The second-order valence-corrected chi connectivity index (χ2v) is 9.06. The van der Waals surface area contributed by atoms with Crippen molar-refractivity contribution in [1.29, 1.82) is 0 Å². The Hall–Kier alpha value is -3.80. The summed E-state index contributed by atoms with van der Waals surface area (Å²) in [5, 5.41) is 0. The summed E-state index contributed by atoms with van der Waals surface area (Å²) in [7, 11) is 0. The molecule has 3 aromatic rings.